The monoisotopic (exact) mass is 745 g/mol. The molecule has 6 aromatic rings. The molecule has 1 heterocycles. The van der Waals surface area contributed by atoms with Crippen molar-refractivity contribution in [3.05, 3.63) is 162 Å². The van der Waals surface area contributed by atoms with Gasteiger partial charge in [0.15, 0.2) is 0 Å². The number of hydrogen-bond donors (Lipinski definition) is 0. The minimum atomic E-state index is 0.0503. The molecule has 2 bridgehead atoms. The molecule has 6 unspecified atom stereocenters. The van der Waals surface area contributed by atoms with E-state index in [1.165, 1.54) is 98.8 Å². The van der Waals surface area contributed by atoms with E-state index in [2.05, 4.69) is 172 Å². The van der Waals surface area contributed by atoms with E-state index in [1.807, 2.05) is 11.8 Å². The predicted octanol–water partition coefficient (Wildman–Crippen LogP) is 14.7. The predicted molar refractivity (Wildman–Crippen MR) is 233 cm³/mol. The first-order chi connectivity index (χ1) is 27.2. The Morgan fingerprint density at radius 2 is 1.20 bits per heavy atom. The molecule has 4 fully saturated rings. The first-order valence-electron chi connectivity index (χ1n) is 21.3. The van der Waals surface area contributed by atoms with E-state index in [1.54, 1.807) is 11.1 Å². The molecule has 2 heteroatoms. The van der Waals surface area contributed by atoms with E-state index < -0.39 is 0 Å². The summed E-state index contributed by atoms with van der Waals surface area (Å²) >= 11 is 2.05. The van der Waals surface area contributed by atoms with Crippen molar-refractivity contribution in [3.63, 3.8) is 0 Å². The standard InChI is InChI=1S/C54H51NS/c1-51(2)27-28-52(3,4)44-32-40(23-25-42(44)51)55(39-21-19-36(20-22-39)35-13-7-5-8-14-35)45-26-24-41(37-15-9-6-10-16-37)49-50(45)56-46-18-12-11-17-43(46)54(49)47-30-34-29-38-31-48(54)53(38,47)33-34/h5-26,32,34,38,47-48H,27-31,33H2,1-4H3. The SMILES string of the molecule is CC1(C)CCC(C)(C)c2cc(N(c3ccc(-c4ccccc4)cc3)c3ccc(-c4ccccc4)c4c3Sc3ccccc3C43C4CC5CC6CC3C64C5)ccc21. The molecular formula is C54H51NS. The third-order valence-corrected chi connectivity index (χ3v) is 17.4. The Labute approximate surface area is 337 Å². The summed E-state index contributed by atoms with van der Waals surface area (Å²) < 4.78 is 0. The van der Waals surface area contributed by atoms with E-state index in [-0.39, 0.29) is 16.2 Å². The van der Waals surface area contributed by atoms with Crippen LogP contribution >= 0.6 is 11.8 Å². The van der Waals surface area contributed by atoms with Crippen molar-refractivity contribution in [1.29, 1.82) is 0 Å². The molecule has 56 heavy (non-hydrogen) atoms. The normalized spacial score (nSPS) is 29.0. The van der Waals surface area contributed by atoms with Gasteiger partial charge >= 0.3 is 0 Å². The van der Waals surface area contributed by atoms with E-state index in [0.717, 1.165) is 23.7 Å². The van der Waals surface area contributed by atoms with Gasteiger partial charge in [0.05, 0.1) is 5.69 Å². The Balaban J connectivity index is 1.13. The first kappa shape index (κ1) is 33.6. The zero-order chi connectivity index (χ0) is 37.6. The number of nitrogens with zero attached hydrogens (tertiary/aromatic N) is 1. The van der Waals surface area contributed by atoms with E-state index in [4.69, 9.17) is 0 Å². The third kappa shape index (κ3) is 4.30. The average Bonchev–Trinajstić information content (AvgIpc) is 3.76. The fourth-order valence-electron chi connectivity index (χ4n) is 13.8. The van der Waals surface area contributed by atoms with Crippen molar-refractivity contribution in [2.45, 2.75) is 92.3 Å². The summed E-state index contributed by atoms with van der Waals surface area (Å²) in [6.45, 7) is 9.81. The van der Waals surface area contributed by atoms with Gasteiger partial charge in [0.1, 0.15) is 0 Å². The molecule has 278 valence electrons. The Kier molecular flexibility index (Phi) is 6.92. The van der Waals surface area contributed by atoms with Crippen LogP contribution in [-0.2, 0) is 16.2 Å². The second-order valence-electron chi connectivity index (χ2n) is 19.6. The first-order valence-corrected chi connectivity index (χ1v) is 22.1. The van der Waals surface area contributed by atoms with Crippen molar-refractivity contribution < 1.29 is 0 Å². The second-order valence-corrected chi connectivity index (χ2v) is 20.7. The summed E-state index contributed by atoms with van der Waals surface area (Å²) in [5, 5.41) is 0. The quantitative estimate of drug-likeness (QED) is 0.173. The van der Waals surface area contributed by atoms with Crippen LogP contribution in [-0.4, -0.2) is 0 Å². The second kappa shape index (κ2) is 11.5. The highest BCUT2D eigenvalue weighted by atomic mass is 32.2. The number of benzene rings is 6. The molecule has 1 nitrogen and oxygen atoms in total. The van der Waals surface area contributed by atoms with Gasteiger partial charge in [-0.2, -0.15) is 0 Å². The van der Waals surface area contributed by atoms with Crippen LogP contribution in [0.2, 0.25) is 0 Å². The lowest BCUT2D eigenvalue weighted by atomic mass is 9.26. The lowest BCUT2D eigenvalue weighted by molar-refractivity contribution is -0.234. The maximum atomic E-state index is 2.63. The van der Waals surface area contributed by atoms with Crippen molar-refractivity contribution in [2.75, 3.05) is 4.90 Å². The molecule has 0 aromatic heterocycles. The molecule has 0 radical (unpaired) electrons. The number of anilines is 3. The molecular weight excluding hydrogens is 695 g/mol. The maximum absolute atomic E-state index is 2.63. The summed E-state index contributed by atoms with van der Waals surface area (Å²) in [6.07, 6.45) is 8.16. The third-order valence-electron chi connectivity index (χ3n) is 16.3. The van der Waals surface area contributed by atoms with Crippen molar-refractivity contribution >= 4 is 28.8 Å². The number of fused-ring (bicyclic) bond motifs is 8. The van der Waals surface area contributed by atoms with Crippen LogP contribution in [0.3, 0.4) is 0 Å². The van der Waals surface area contributed by atoms with Crippen LogP contribution in [0.15, 0.2) is 149 Å². The summed E-state index contributed by atoms with van der Waals surface area (Å²) in [5.74, 6) is 3.30. The molecule has 4 saturated carbocycles. The van der Waals surface area contributed by atoms with Gasteiger partial charge in [0, 0.05) is 26.6 Å². The molecule has 6 aromatic carbocycles. The highest BCUT2D eigenvalue weighted by Gasteiger charge is 2.84. The van der Waals surface area contributed by atoms with Crippen molar-refractivity contribution in [1.82, 2.24) is 0 Å². The Morgan fingerprint density at radius 1 is 0.554 bits per heavy atom. The van der Waals surface area contributed by atoms with Gasteiger partial charge in [-0.1, -0.05) is 143 Å². The van der Waals surface area contributed by atoms with E-state index in [0.29, 0.717) is 5.41 Å². The van der Waals surface area contributed by atoms with Gasteiger partial charge in [-0.25, -0.2) is 0 Å². The summed E-state index contributed by atoms with van der Waals surface area (Å²) in [6, 6.07) is 53.7. The van der Waals surface area contributed by atoms with Crippen LogP contribution in [0.1, 0.15) is 88.5 Å². The molecule has 0 amide bonds. The zero-order valence-electron chi connectivity index (χ0n) is 33.2. The van der Waals surface area contributed by atoms with Crippen molar-refractivity contribution in [2.24, 2.45) is 29.1 Å². The summed E-state index contributed by atoms with van der Waals surface area (Å²) in [7, 11) is 0. The zero-order valence-corrected chi connectivity index (χ0v) is 34.0. The summed E-state index contributed by atoms with van der Waals surface area (Å²) in [5.41, 5.74) is 16.2. The molecule has 12 rings (SSSR count). The molecule has 0 N–H and O–H groups in total. The van der Waals surface area contributed by atoms with Crippen LogP contribution in [0.5, 0.6) is 0 Å². The lowest BCUT2D eigenvalue weighted by Crippen LogP contribution is -2.74. The topological polar surface area (TPSA) is 3.24 Å². The average molecular weight is 746 g/mol. The van der Waals surface area contributed by atoms with Gasteiger partial charge in [-0.3, -0.25) is 0 Å². The highest BCUT2D eigenvalue weighted by molar-refractivity contribution is 7.99. The Morgan fingerprint density at radius 3 is 1.95 bits per heavy atom. The molecule has 6 atom stereocenters. The van der Waals surface area contributed by atoms with Crippen LogP contribution in [0, 0.1) is 29.1 Å². The van der Waals surface area contributed by atoms with Crippen LogP contribution < -0.4 is 4.90 Å². The van der Waals surface area contributed by atoms with Crippen LogP contribution in [0.25, 0.3) is 22.3 Å². The molecule has 2 spiro atoms. The van der Waals surface area contributed by atoms with Gasteiger partial charge < -0.3 is 4.90 Å². The number of hydrogen-bond acceptors (Lipinski definition) is 2. The largest absolute Gasteiger partial charge is 0.309 e. The van der Waals surface area contributed by atoms with Crippen LogP contribution in [0.4, 0.5) is 17.1 Å². The molecule has 6 aliphatic rings. The fourth-order valence-corrected chi connectivity index (χ4v) is 15.1. The molecule has 0 saturated heterocycles. The molecule has 5 aliphatic carbocycles. The van der Waals surface area contributed by atoms with Crippen molar-refractivity contribution in [3.8, 4) is 22.3 Å². The highest BCUT2D eigenvalue weighted by Crippen LogP contribution is 2.89. The minimum Gasteiger partial charge on any atom is -0.309 e. The van der Waals surface area contributed by atoms with Gasteiger partial charge in [0.2, 0.25) is 0 Å². The Hall–Kier alpha value is -4.53. The van der Waals surface area contributed by atoms with E-state index >= 15 is 0 Å². The Bertz CT molecular complexity index is 2550. The minimum absolute atomic E-state index is 0.0503. The lowest BCUT2D eigenvalue weighted by Gasteiger charge is -2.78. The maximum Gasteiger partial charge on any atom is 0.0604 e. The fraction of sp³-hybridized carbons (Fsp3) is 0.333. The summed E-state index contributed by atoms with van der Waals surface area (Å²) in [4.78, 5) is 5.57. The van der Waals surface area contributed by atoms with Gasteiger partial charge in [-0.05, 0) is 159 Å². The van der Waals surface area contributed by atoms with Gasteiger partial charge in [-0.15, -0.1) is 0 Å². The smallest absolute Gasteiger partial charge is 0.0604 e. The molecule has 1 aliphatic heterocycles. The van der Waals surface area contributed by atoms with E-state index in [9.17, 15) is 0 Å². The van der Waals surface area contributed by atoms with Gasteiger partial charge in [0.25, 0.3) is 0 Å². The number of rotatable bonds is 5.